The minimum Gasteiger partial charge on any atom is -0.318 e. The van der Waals surface area contributed by atoms with Gasteiger partial charge >= 0.3 is 6.61 Å². The Morgan fingerprint density at radius 3 is 1.78 bits per heavy atom. The van der Waals surface area contributed by atoms with Crippen molar-refractivity contribution in [3.05, 3.63) is 0 Å². The maximum Gasteiger partial charge on any atom is 0.345 e. The van der Waals surface area contributed by atoms with Crippen LogP contribution < -0.4 is 0 Å². The van der Waals surface area contributed by atoms with Crippen LogP contribution in [0.15, 0.2) is 0 Å². The van der Waals surface area contributed by atoms with Crippen molar-refractivity contribution in [2.75, 3.05) is 10.7 Å². The SMILES string of the molecule is FC(F)OC(CBr)CBr. The molecule has 0 heterocycles. The summed E-state index contributed by atoms with van der Waals surface area (Å²) in [6.45, 7) is -2.68. The van der Waals surface area contributed by atoms with E-state index < -0.39 is 12.7 Å². The molecular weight excluding hydrogens is 262 g/mol. The largest absolute Gasteiger partial charge is 0.345 e. The summed E-state index contributed by atoms with van der Waals surface area (Å²) in [6, 6.07) is 0. The van der Waals surface area contributed by atoms with Crippen LogP contribution >= 0.6 is 31.9 Å². The maximum atomic E-state index is 11.4. The molecule has 0 spiro atoms. The van der Waals surface area contributed by atoms with Gasteiger partial charge in [0.15, 0.2) is 0 Å². The fourth-order valence-electron chi connectivity index (χ4n) is 0.259. The summed E-state index contributed by atoms with van der Waals surface area (Å²) in [5.74, 6) is 0. The van der Waals surface area contributed by atoms with Gasteiger partial charge in [0.05, 0.1) is 6.10 Å². The summed E-state index contributed by atoms with van der Waals surface area (Å²) < 4.78 is 26.9. The Hall–Kier alpha value is 0.780. The van der Waals surface area contributed by atoms with E-state index in [0.717, 1.165) is 0 Å². The highest BCUT2D eigenvalue weighted by Gasteiger charge is 2.11. The van der Waals surface area contributed by atoms with E-state index in [0.29, 0.717) is 10.7 Å². The number of hydrogen-bond acceptors (Lipinski definition) is 1. The van der Waals surface area contributed by atoms with Gasteiger partial charge in [-0.15, -0.1) is 0 Å². The lowest BCUT2D eigenvalue weighted by molar-refractivity contribution is -0.149. The Morgan fingerprint density at radius 2 is 1.67 bits per heavy atom. The van der Waals surface area contributed by atoms with Crippen molar-refractivity contribution in [1.82, 2.24) is 0 Å². The summed E-state index contributed by atoms with van der Waals surface area (Å²) in [4.78, 5) is 0. The zero-order valence-electron chi connectivity index (χ0n) is 4.49. The molecule has 0 unspecified atom stereocenters. The molecule has 0 amide bonds. The summed E-state index contributed by atoms with van der Waals surface area (Å²) in [5.41, 5.74) is 0. The lowest BCUT2D eigenvalue weighted by Gasteiger charge is -2.09. The van der Waals surface area contributed by atoms with Crippen LogP contribution in [-0.2, 0) is 4.74 Å². The van der Waals surface area contributed by atoms with E-state index in [4.69, 9.17) is 0 Å². The molecule has 0 aromatic rings. The quantitative estimate of drug-likeness (QED) is 0.711. The minimum absolute atomic E-state index is 0.419. The third-order valence-corrected chi connectivity index (χ3v) is 2.08. The Bertz CT molecular complexity index is 67.6. The Labute approximate surface area is 69.0 Å². The van der Waals surface area contributed by atoms with Gasteiger partial charge in [-0.05, 0) is 0 Å². The van der Waals surface area contributed by atoms with Crippen LogP contribution in [0.4, 0.5) is 8.78 Å². The second-order valence-electron chi connectivity index (χ2n) is 1.33. The molecule has 0 fully saturated rings. The smallest absolute Gasteiger partial charge is 0.318 e. The van der Waals surface area contributed by atoms with E-state index in [1.807, 2.05) is 0 Å². The number of alkyl halides is 4. The predicted molar refractivity (Wildman–Crippen MR) is 38.5 cm³/mol. The Morgan fingerprint density at radius 1 is 1.22 bits per heavy atom. The number of rotatable bonds is 4. The van der Waals surface area contributed by atoms with Gasteiger partial charge in [0.1, 0.15) is 0 Å². The average Bonchev–Trinajstić information content (AvgIpc) is 1.82. The first-order valence-electron chi connectivity index (χ1n) is 2.26. The molecule has 0 aliphatic rings. The highest BCUT2D eigenvalue weighted by molar-refractivity contribution is 9.09. The van der Waals surface area contributed by atoms with Gasteiger partial charge in [-0.2, -0.15) is 8.78 Å². The van der Waals surface area contributed by atoms with Crippen LogP contribution in [0.25, 0.3) is 0 Å². The number of hydrogen-bond donors (Lipinski definition) is 0. The molecule has 0 aliphatic heterocycles. The van der Waals surface area contributed by atoms with Crippen molar-refractivity contribution in [2.24, 2.45) is 0 Å². The van der Waals surface area contributed by atoms with Crippen LogP contribution in [-0.4, -0.2) is 23.4 Å². The van der Waals surface area contributed by atoms with Crippen LogP contribution in [0.3, 0.4) is 0 Å². The summed E-state index contributed by atoms with van der Waals surface area (Å²) in [5, 5.41) is 0.838. The molecule has 9 heavy (non-hydrogen) atoms. The zero-order chi connectivity index (χ0) is 7.28. The van der Waals surface area contributed by atoms with Gasteiger partial charge in [0.25, 0.3) is 0 Å². The molecule has 0 bridgehead atoms. The molecule has 0 saturated heterocycles. The topological polar surface area (TPSA) is 9.23 Å². The Kier molecular flexibility index (Phi) is 6.04. The van der Waals surface area contributed by atoms with E-state index in [9.17, 15) is 8.78 Å². The minimum atomic E-state index is -2.68. The molecule has 5 heteroatoms. The van der Waals surface area contributed by atoms with Crippen LogP contribution in [0.1, 0.15) is 0 Å². The van der Waals surface area contributed by atoms with E-state index in [1.165, 1.54) is 0 Å². The third kappa shape index (κ3) is 5.24. The van der Waals surface area contributed by atoms with Gasteiger partial charge in [0, 0.05) is 10.7 Å². The van der Waals surface area contributed by atoms with Crippen molar-refractivity contribution in [3.63, 3.8) is 0 Å². The molecule has 1 nitrogen and oxygen atoms in total. The molecule has 0 saturated carbocycles. The molecular formula is C4H6Br2F2O. The molecule has 0 aliphatic carbocycles. The highest BCUT2D eigenvalue weighted by Crippen LogP contribution is 2.06. The van der Waals surface area contributed by atoms with Gasteiger partial charge in [-0.1, -0.05) is 31.9 Å². The van der Waals surface area contributed by atoms with Crippen molar-refractivity contribution in [2.45, 2.75) is 12.7 Å². The van der Waals surface area contributed by atoms with E-state index in [1.54, 1.807) is 0 Å². The van der Waals surface area contributed by atoms with E-state index >= 15 is 0 Å². The normalized spacial score (nSPS) is 11.3. The first-order valence-corrected chi connectivity index (χ1v) is 4.50. The molecule has 0 rings (SSSR count). The van der Waals surface area contributed by atoms with Crippen molar-refractivity contribution >= 4 is 31.9 Å². The zero-order valence-corrected chi connectivity index (χ0v) is 7.66. The molecule has 0 N–H and O–H groups in total. The standard InChI is InChI=1S/C4H6Br2F2O/c5-1-3(2-6)9-4(7)8/h3-4H,1-2H2. The Balaban J connectivity index is 3.31. The molecule has 0 atom stereocenters. The van der Waals surface area contributed by atoms with Crippen LogP contribution in [0.5, 0.6) is 0 Å². The second kappa shape index (κ2) is 5.56. The summed E-state index contributed by atoms with van der Waals surface area (Å²) in [6.07, 6.45) is -0.440. The molecule has 0 radical (unpaired) electrons. The average molecular weight is 268 g/mol. The van der Waals surface area contributed by atoms with E-state index in [2.05, 4.69) is 36.6 Å². The van der Waals surface area contributed by atoms with Gasteiger partial charge < -0.3 is 4.74 Å². The second-order valence-corrected chi connectivity index (χ2v) is 2.62. The van der Waals surface area contributed by atoms with Crippen molar-refractivity contribution < 1.29 is 13.5 Å². The predicted octanol–water partition coefficient (Wildman–Crippen LogP) is 2.38. The summed E-state index contributed by atoms with van der Waals surface area (Å²) in [7, 11) is 0. The highest BCUT2D eigenvalue weighted by atomic mass is 79.9. The fraction of sp³-hybridized carbons (Fsp3) is 1.00. The third-order valence-electron chi connectivity index (χ3n) is 0.640. The lowest BCUT2D eigenvalue weighted by atomic mass is 10.5. The monoisotopic (exact) mass is 266 g/mol. The van der Waals surface area contributed by atoms with Gasteiger partial charge in [0.2, 0.25) is 0 Å². The number of halogens is 4. The molecule has 0 aromatic carbocycles. The fourth-order valence-corrected chi connectivity index (χ4v) is 1.64. The van der Waals surface area contributed by atoms with Crippen molar-refractivity contribution in [3.8, 4) is 0 Å². The first kappa shape index (κ1) is 9.78. The molecule has 56 valence electrons. The molecule has 0 aromatic heterocycles. The van der Waals surface area contributed by atoms with Crippen LogP contribution in [0, 0.1) is 0 Å². The maximum absolute atomic E-state index is 11.4. The lowest BCUT2D eigenvalue weighted by Crippen LogP contribution is -2.19. The number of ether oxygens (including phenoxy) is 1. The summed E-state index contributed by atoms with van der Waals surface area (Å²) >= 11 is 6.03. The van der Waals surface area contributed by atoms with Crippen LogP contribution in [0.2, 0.25) is 0 Å². The van der Waals surface area contributed by atoms with Crippen molar-refractivity contribution in [1.29, 1.82) is 0 Å². The first-order chi connectivity index (χ1) is 4.20. The van der Waals surface area contributed by atoms with Gasteiger partial charge in [-0.3, -0.25) is 0 Å². The van der Waals surface area contributed by atoms with Gasteiger partial charge in [-0.25, -0.2) is 0 Å². The van der Waals surface area contributed by atoms with E-state index in [-0.39, 0.29) is 0 Å².